The molecule has 13 aromatic rings. The predicted molar refractivity (Wildman–Crippen MR) is 350 cm³/mol. The number of pyridine rings is 3. The number of benzene rings is 2. The van der Waals surface area contributed by atoms with Crippen molar-refractivity contribution in [3.63, 3.8) is 0 Å². The standard InChI is InChI=1S/C25H22FN9O3.C17H16N4O3.C16H14N4O3.C9H10FN5O.Li.H2O/c1-37-21-6-5-19(35-13-28-31-32-35)16(23(21)26)8-27-24(36)18-11-34-20(12-38-25(34)30-18)17-10-33-9-15(14-2-3-14)4-7-22(33)29-17;1-23-16(22)13-8-21-14(9-24-17(21)19-13)12-7-20-6-11(10-2-3-10)4-5-15(20)18-12;21-15(22)12-7-20-13(8-23-16(20)18-12)11-6-19-5-10(9-1-2-9)3-4-14(19)17-11;1-16-8-3-2-7(6(4-11)9(8)10)15-5-12-13-14-15;;/h4-7,9-11,13-14,20H,2-3,8,12H2,1H3,(H,27,36);4-8,10,14H,2-3,9H2,1H3;3-7,9,13H,1-2,8H2,(H,21,22);2-3,5H,4,11H2,1H3;;1H2/q;;;;+1;/p-1. The zero-order chi connectivity index (χ0) is 69.2. The van der Waals surface area contributed by atoms with Gasteiger partial charge in [0.15, 0.2) is 34.5 Å². The Bertz CT molecular complexity index is 5310. The minimum atomic E-state index is -1.06. The maximum Gasteiger partial charge on any atom is 1.00 e. The molecular weight excluding hydrogens is 1330 g/mol. The molecule has 11 aromatic heterocycles. The van der Waals surface area contributed by atoms with E-state index >= 15 is 4.39 Å². The van der Waals surface area contributed by atoms with Gasteiger partial charge in [0.1, 0.15) is 73.2 Å². The third-order valence-electron chi connectivity index (χ3n) is 18.3. The van der Waals surface area contributed by atoms with Gasteiger partial charge in [-0.3, -0.25) is 18.5 Å². The van der Waals surface area contributed by atoms with Gasteiger partial charge in [0.25, 0.3) is 23.9 Å². The van der Waals surface area contributed by atoms with Crippen molar-refractivity contribution in [2.24, 2.45) is 5.73 Å². The summed E-state index contributed by atoms with van der Waals surface area (Å²) in [5.74, 6) is -0.875. The zero-order valence-corrected chi connectivity index (χ0v) is 55.7. The summed E-state index contributed by atoms with van der Waals surface area (Å²) in [7, 11) is 4.11. The SMILES string of the molecule is COC(=O)c1cn2c(n1)OCC2c1cn2cc(C3CC3)ccc2n1.COc1ccc(-n2cnnn2)c(CN)c1F.COc1ccc(-n2cnnn2)c(CNC(=O)c2cn3c(n2)OCC3c2cn3cc(C4CC4)ccc3n2)c1F.O=C(O)c1cn2c(n1)OCC2c1cn2cc(C3CC3)ccc2n1.[Li+].[OH-]. The van der Waals surface area contributed by atoms with Gasteiger partial charge in [-0.15, -0.1) is 10.2 Å². The van der Waals surface area contributed by atoms with E-state index in [1.807, 2.05) is 44.1 Å². The number of carbonyl (C=O) groups excluding carboxylic acids is 2. The number of nitrogens with one attached hydrogen (secondary N) is 1. The van der Waals surface area contributed by atoms with Crippen LogP contribution < -0.4 is 53.6 Å². The van der Waals surface area contributed by atoms with E-state index in [-0.39, 0.29) is 89.7 Å². The number of esters is 1. The molecule has 0 radical (unpaired) electrons. The summed E-state index contributed by atoms with van der Waals surface area (Å²) in [6.45, 7) is 1.15. The van der Waals surface area contributed by atoms with Gasteiger partial charge in [-0.05, 0) is 136 Å². The van der Waals surface area contributed by atoms with Gasteiger partial charge in [0.05, 0.1) is 49.8 Å². The van der Waals surface area contributed by atoms with Gasteiger partial charge in [-0.2, -0.15) is 15.0 Å². The molecule has 3 fully saturated rings. The molecule has 19 rings (SSSR count). The van der Waals surface area contributed by atoms with Crippen LogP contribution in [0.1, 0.15) is 151 Å². The number of hydrogen-bond donors (Lipinski definition) is 3. The second-order valence-corrected chi connectivity index (χ2v) is 24.8. The van der Waals surface area contributed by atoms with E-state index in [9.17, 15) is 18.8 Å². The molecule has 522 valence electrons. The molecule has 14 heterocycles. The van der Waals surface area contributed by atoms with Crippen LogP contribution in [-0.2, 0) is 17.8 Å². The largest absolute Gasteiger partial charge is 1.00 e. The fourth-order valence-corrected chi connectivity index (χ4v) is 12.6. The van der Waals surface area contributed by atoms with Crippen LogP contribution in [0.4, 0.5) is 8.78 Å². The number of nitrogens with zero attached hydrogens (tertiary/aromatic N) is 20. The third-order valence-corrected chi connectivity index (χ3v) is 18.3. The van der Waals surface area contributed by atoms with Crippen molar-refractivity contribution >= 4 is 34.8 Å². The van der Waals surface area contributed by atoms with Crippen molar-refractivity contribution in [2.75, 3.05) is 41.2 Å². The summed E-state index contributed by atoms with van der Waals surface area (Å²) in [6, 6.07) is 19.4. The molecule has 3 aliphatic carbocycles. The molecule has 33 nitrogen and oxygen atoms in total. The molecule has 6 aliphatic rings. The molecule has 3 aliphatic heterocycles. The quantitative estimate of drug-likeness (QED) is 0.0914. The number of imidazole rings is 6. The van der Waals surface area contributed by atoms with Crippen LogP contribution in [-0.4, -0.2) is 167 Å². The maximum absolute atomic E-state index is 15.1. The van der Waals surface area contributed by atoms with Crippen molar-refractivity contribution in [1.29, 1.82) is 0 Å². The minimum absolute atomic E-state index is 0. The number of carboxylic acids is 1. The van der Waals surface area contributed by atoms with Crippen LogP contribution in [0.25, 0.3) is 28.3 Å². The number of carboxylic acid groups (broad SMARTS) is 1. The molecule has 36 heteroatoms. The van der Waals surface area contributed by atoms with Crippen molar-refractivity contribution in [3.8, 4) is 40.9 Å². The van der Waals surface area contributed by atoms with Gasteiger partial charge in [0.2, 0.25) is 0 Å². The fraction of sp³-hybridized carbons (Fsp3) is 0.299. The Morgan fingerprint density at radius 2 is 0.932 bits per heavy atom. The monoisotopic (exact) mass is 1400 g/mol. The molecule has 3 atom stereocenters. The van der Waals surface area contributed by atoms with E-state index in [1.165, 1.54) is 117 Å². The Morgan fingerprint density at radius 3 is 1.32 bits per heavy atom. The van der Waals surface area contributed by atoms with Crippen molar-refractivity contribution in [2.45, 2.75) is 87.5 Å². The van der Waals surface area contributed by atoms with Gasteiger partial charge in [-0.1, -0.05) is 18.2 Å². The van der Waals surface area contributed by atoms with Gasteiger partial charge in [0, 0.05) is 80.0 Å². The van der Waals surface area contributed by atoms with Crippen LogP contribution >= 0.6 is 0 Å². The molecule has 0 saturated heterocycles. The number of ether oxygens (including phenoxy) is 6. The van der Waals surface area contributed by atoms with E-state index < -0.39 is 29.5 Å². The number of amides is 1. The predicted octanol–water partition coefficient (Wildman–Crippen LogP) is 3.80. The number of carbonyl (C=O) groups is 3. The van der Waals surface area contributed by atoms with Crippen LogP contribution in [0.3, 0.4) is 0 Å². The molecular formula is C67H63F2LiN22O11. The number of rotatable bonds is 16. The Morgan fingerprint density at radius 1 is 0.534 bits per heavy atom. The molecule has 3 saturated carbocycles. The first-order valence-electron chi connectivity index (χ1n) is 32.4. The Labute approximate surface area is 593 Å². The molecule has 103 heavy (non-hydrogen) atoms. The topological polar surface area (TPSA) is 387 Å². The second kappa shape index (κ2) is 28.2. The number of methoxy groups -OCH3 is 3. The van der Waals surface area contributed by atoms with Gasteiger partial charge >= 0.3 is 30.8 Å². The average Bonchev–Trinajstić information content (AvgIpc) is 1.58. The first-order valence-corrected chi connectivity index (χ1v) is 32.4. The number of aromatic carboxylic acids is 1. The van der Waals surface area contributed by atoms with Crippen molar-refractivity contribution < 1.29 is 81.0 Å². The fourth-order valence-electron chi connectivity index (χ4n) is 12.6. The van der Waals surface area contributed by atoms with Crippen molar-refractivity contribution in [1.82, 2.24) is 103 Å². The van der Waals surface area contributed by atoms with E-state index in [0.29, 0.717) is 72.5 Å². The van der Waals surface area contributed by atoms with E-state index in [2.05, 4.69) is 104 Å². The number of hydrogen-bond acceptors (Lipinski definition) is 23. The zero-order valence-electron chi connectivity index (χ0n) is 55.7. The number of tetrazole rings is 2. The second-order valence-electron chi connectivity index (χ2n) is 24.8. The first-order chi connectivity index (χ1) is 49.3. The van der Waals surface area contributed by atoms with Gasteiger partial charge < -0.3 is 63.3 Å². The molecule has 1 amide bonds. The summed E-state index contributed by atoms with van der Waals surface area (Å²) in [5, 5.41) is 33.5. The molecule has 2 aromatic carbocycles. The van der Waals surface area contributed by atoms with Crippen molar-refractivity contribution in [3.05, 3.63) is 203 Å². The van der Waals surface area contributed by atoms with Gasteiger partial charge in [-0.25, -0.2) is 42.7 Å². The number of fused-ring (bicyclic) bond motifs is 6. The van der Waals surface area contributed by atoms with Crippen LogP contribution in [0.15, 0.2) is 129 Å². The Kier molecular flexibility index (Phi) is 18.7. The Hall–Kier alpha value is -11.9. The maximum atomic E-state index is 15.1. The van der Waals surface area contributed by atoms with Crippen LogP contribution in [0.2, 0.25) is 0 Å². The first kappa shape index (κ1) is 68.2. The molecule has 5 N–H and O–H groups in total. The van der Waals surface area contributed by atoms with E-state index in [1.54, 1.807) is 33.7 Å². The van der Waals surface area contributed by atoms with E-state index in [0.717, 1.165) is 34.0 Å². The van der Waals surface area contributed by atoms with E-state index in [4.69, 9.17) is 49.2 Å². The summed E-state index contributed by atoms with van der Waals surface area (Å²) < 4.78 is 74.7. The summed E-state index contributed by atoms with van der Waals surface area (Å²) >= 11 is 0. The number of nitrogens with two attached hydrogens (primary N) is 1. The molecule has 3 unspecified atom stereocenters. The summed E-state index contributed by atoms with van der Waals surface area (Å²) in [5.41, 5.74) is 16.5. The minimum Gasteiger partial charge on any atom is -0.870 e. The average molecular weight is 1400 g/mol. The normalized spacial score (nSPS) is 16.6. The third kappa shape index (κ3) is 13.4. The number of halogens is 2. The van der Waals surface area contributed by atoms with Crippen LogP contribution in [0, 0.1) is 11.6 Å². The number of aromatic nitrogens is 20. The smallest absolute Gasteiger partial charge is 0.870 e. The summed E-state index contributed by atoms with van der Waals surface area (Å²) in [4.78, 5) is 62.3. The Balaban J connectivity index is 0.000000121. The van der Waals surface area contributed by atoms with Crippen LogP contribution in [0.5, 0.6) is 29.5 Å². The molecule has 0 bridgehead atoms. The molecule has 0 spiro atoms. The summed E-state index contributed by atoms with van der Waals surface area (Å²) in [6.07, 6.45) is 27.5.